The van der Waals surface area contributed by atoms with Crippen LogP contribution in [-0.2, 0) is 4.79 Å². The van der Waals surface area contributed by atoms with Gasteiger partial charge in [-0.25, -0.2) is 4.98 Å². The van der Waals surface area contributed by atoms with Gasteiger partial charge in [0.15, 0.2) is 0 Å². The van der Waals surface area contributed by atoms with E-state index >= 15 is 0 Å². The molecule has 0 aliphatic heterocycles. The number of fused-ring (bicyclic) bond motifs is 3. The first kappa shape index (κ1) is 14.5. The molecule has 2 aromatic carbocycles. The quantitative estimate of drug-likeness (QED) is 0.686. The monoisotopic (exact) mass is 313 g/mol. The normalized spacial score (nSPS) is 14.8. The minimum atomic E-state index is -0.389. The summed E-state index contributed by atoms with van der Waals surface area (Å²) >= 11 is 0. The van der Waals surface area contributed by atoms with Crippen molar-refractivity contribution in [1.82, 2.24) is 4.98 Å². The van der Waals surface area contributed by atoms with Crippen LogP contribution in [0.15, 0.2) is 66.7 Å². The van der Waals surface area contributed by atoms with Gasteiger partial charge in [0.1, 0.15) is 11.5 Å². The van der Waals surface area contributed by atoms with Crippen molar-refractivity contribution in [3.05, 3.63) is 89.2 Å². The second-order valence-corrected chi connectivity index (χ2v) is 5.96. The number of ketones is 2. The van der Waals surface area contributed by atoms with Gasteiger partial charge in [-0.2, -0.15) is 0 Å². The topological polar surface area (TPSA) is 47.0 Å². The van der Waals surface area contributed by atoms with Crippen LogP contribution in [0.5, 0.6) is 0 Å². The number of nitrogens with zero attached hydrogens (tertiary/aromatic N) is 1. The summed E-state index contributed by atoms with van der Waals surface area (Å²) in [5.74, 6) is -0.477. The Morgan fingerprint density at radius 2 is 1.54 bits per heavy atom. The lowest BCUT2D eigenvalue weighted by Crippen LogP contribution is -2.12. The number of aromatic nitrogens is 1. The van der Waals surface area contributed by atoms with E-state index in [-0.39, 0.29) is 17.5 Å². The van der Waals surface area contributed by atoms with Crippen LogP contribution in [0.3, 0.4) is 0 Å². The number of carbonyl (C=O) groups excluding carboxylic acids is 2. The van der Waals surface area contributed by atoms with Crippen LogP contribution in [0.4, 0.5) is 0 Å². The molecule has 0 bridgehead atoms. The van der Waals surface area contributed by atoms with Gasteiger partial charge in [-0.15, -0.1) is 0 Å². The maximum absolute atomic E-state index is 12.6. The predicted molar refractivity (Wildman–Crippen MR) is 92.1 cm³/mol. The third kappa shape index (κ3) is 2.17. The molecular weight excluding hydrogens is 298 g/mol. The van der Waals surface area contributed by atoms with Crippen LogP contribution in [0.1, 0.15) is 40.2 Å². The molecule has 24 heavy (non-hydrogen) atoms. The molecule has 0 saturated heterocycles. The SMILES string of the molecule is CC(=O)C1c2ccccc2-c2ccc(C(=O)c3ccccc3)nc21. The molecule has 3 nitrogen and oxygen atoms in total. The number of carbonyl (C=O) groups is 2. The Morgan fingerprint density at radius 1 is 0.833 bits per heavy atom. The summed E-state index contributed by atoms with van der Waals surface area (Å²) in [4.78, 5) is 29.4. The first-order valence-corrected chi connectivity index (χ1v) is 7.87. The first-order valence-electron chi connectivity index (χ1n) is 7.87. The summed E-state index contributed by atoms with van der Waals surface area (Å²) in [6.07, 6.45) is 0. The molecule has 0 fully saturated rings. The van der Waals surface area contributed by atoms with E-state index in [0.717, 1.165) is 16.7 Å². The zero-order valence-corrected chi connectivity index (χ0v) is 13.2. The number of Topliss-reactive ketones (excluding diaryl/α,β-unsaturated/α-hetero) is 1. The summed E-state index contributed by atoms with van der Waals surface area (Å²) in [5.41, 5.74) is 4.59. The summed E-state index contributed by atoms with van der Waals surface area (Å²) in [7, 11) is 0. The Labute approximate surface area is 140 Å². The van der Waals surface area contributed by atoms with E-state index in [9.17, 15) is 9.59 Å². The Hall–Kier alpha value is -3.07. The van der Waals surface area contributed by atoms with E-state index < -0.39 is 0 Å². The molecule has 0 spiro atoms. The molecule has 1 atom stereocenters. The Balaban J connectivity index is 1.85. The highest BCUT2D eigenvalue weighted by molar-refractivity contribution is 6.08. The van der Waals surface area contributed by atoms with Gasteiger partial charge >= 0.3 is 0 Å². The second-order valence-electron chi connectivity index (χ2n) is 5.96. The molecule has 0 saturated carbocycles. The number of benzene rings is 2. The number of rotatable bonds is 3. The molecule has 1 unspecified atom stereocenters. The Bertz CT molecular complexity index is 961. The van der Waals surface area contributed by atoms with Gasteiger partial charge in [-0.05, 0) is 24.1 Å². The molecule has 0 N–H and O–H groups in total. The molecule has 0 radical (unpaired) electrons. The van der Waals surface area contributed by atoms with Crippen LogP contribution in [0, 0.1) is 0 Å². The van der Waals surface area contributed by atoms with E-state index in [1.807, 2.05) is 48.5 Å². The van der Waals surface area contributed by atoms with Crippen LogP contribution in [-0.4, -0.2) is 16.6 Å². The van der Waals surface area contributed by atoms with Crippen molar-refractivity contribution in [2.24, 2.45) is 0 Å². The van der Waals surface area contributed by atoms with Crippen LogP contribution in [0.25, 0.3) is 11.1 Å². The van der Waals surface area contributed by atoms with E-state index in [2.05, 4.69) is 4.98 Å². The van der Waals surface area contributed by atoms with E-state index in [4.69, 9.17) is 0 Å². The van der Waals surface area contributed by atoms with Crippen LogP contribution in [0.2, 0.25) is 0 Å². The van der Waals surface area contributed by atoms with Gasteiger partial charge in [0.05, 0.1) is 11.6 Å². The zero-order chi connectivity index (χ0) is 16.7. The average Bonchev–Trinajstić information content (AvgIpc) is 2.95. The fourth-order valence-corrected chi connectivity index (χ4v) is 3.34. The second kappa shape index (κ2) is 5.53. The smallest absolute Gasteiger partial charge is 0.211 e. The fourth-order valence-electron chi connectivity index (χ4n) is 3.34. The molecule has 3 heteroatoms. The number of pyridine rings is 1. The minimum Gasteiger partial charge on any atom is -0.299 e. The molecule has 1 aromatic heterocycles. The van der Waals surface area contributed by atoms with Crippen molar-refractivity contribution < 1.29 is 9.59 Å². The maximum Gasteiger partial charge on any atom is 0.211 e. The average molecular weight is 313 g/mol. The zero-order valence-electron chi connectivity index (χ0n) is 13.2. The first-order chi connectivity index (χ1) is 11.7. The number of hydrogen-bond acceptors (Lipinski definition) is 3. The highest BCUT2D eigenvalue weighted by atomic mass is 16.1. The van der Waals surface area contributed by atoms with Gasteiger partial charge in [0, 0.05) is 11.1 Å². The largest absolute Gasteiger partial charge is 0.299 e. The molecule has 1 aliphatic rings. The Morgan fingerprint density at radius 3 is 2.29 bits per heavy atom. The van der Waals surface area contributed by atoms with Crippen LogP contribution >= 0.6 is 0 Å². The predicted octanol–water partition coefficient (Wildman–Crippen LogP) is 4.01. The van der Waals surface area contributed by atoms with Crippen molar-refractivity contribution in [2.45, 2.75) is 12.8 Å². The van der Waals surface area contributed by atoms with Gasteiger partial charge in [-0.3, -0.25) is 9.59 Å². The third-order valence-corrected chi connectivity index (χ3v) is 4.44. The van der Waals surface area contributed by atoms with Gasteiger partial charge in [0.25, 0.3) is 0 Å². The van der Waals surface area contributed by atoms with Crippen LogP contribution < -0.4 is 0 Å². The molecule has 4 rings (SSSR count). The number of hydrogen-bond donors (Lipinski definition) is 0. The lowest BCUT2D eigenvalue weighted by Gasteiger charge is -2.09. The fraction of sp³-hybridized carbons (Fsp3) is 0.0952. The maximum atomic E-state index is 12.6. The Kier molecular flexibility index (Phi) is 3.35. The highest BCUT2D eigenvalue weighted by Crippen LogP contribution is 2.44. The van der Waals surface area contributed by atoms with Crippen molar-refractivity contribution in [3.63, 3.8) is 0 Å². The summed E-state index contributed by atoms with van der Waals surface area (Å²) in [5, 5.41) is 0. The van der Waals surface area contributed by atoms with Gasteiger partial charge in [0.2, 0.25) is 5.78 Å². The summed E-state index contributed by atoms with van der Waals surface area (Å²) < 4.78 is 0. The standard InChI is InChI=1S/C21H15NO2/c1-13(23)19-16-10-6-5-9-15(16)17-11-12-18(22-20(17)19)21(24)14-7-3-2-4-8-14/h2-12,19H,1H3. The van der Waals surface area contributed by atoms with Gasteiger partial charge < -0.3 is 0 Å². The third-order valence-electron chi connectivity index (χ3n) is 4.44. The molecular formula is C21H15NO2. The van der Waals surface area contributed by atoms with E-state index in [0.29, 0.717) is 17.0 Å². The molecule has 3 aromatic rings. The molecule has 0 amide bonds. The molecule has 1 aliphatic carbocycles. The van der Waals surface area contributed by atoms with Crippen molar-refractivity contribution in [3.8, 4) is 11.1 Å². The van der Waals surface area contributed by atoms with Crippen molar-refractivity contribution in [2.75, 3.05) is 0 Å². The lowest BCUT2D eigenvalue weighted by atomic mass is 9.96. The summed E-state index contributed by atoms with van der Waals surface area (Å²) in [6, 6.07) is 20.6. The van der Waals surface area contributed by atoms with Crippen molar-refractivity contribution in [1.29, 1.82) is 0 Å². The van der Waals surface area contributed by atoms with Crippen molar-refractivity contribution >= 4 is 11.6 Å². The molecule has 116 valence electrons. The van der Waals surface area contributed by atoms with E-state index in [1.165, 1.54) is 0 Å². The summed E-state index contributed by atoms with van der Waals surface area (Å²) in [6.45, 7) is 1.57. The highest BCUT2D eigenvalue weighted by Gasteiger charge is 2.33. The van der Waals surface area contributed by atoms with Gasteiger partial charge in [-0.1, -0.05) is 60.7 Å². The minimum absolute atomic E-state index is 0.0398. The molecule has 1 heterocycles. The lowest BCUT2D eigenvalue weighted by molar-refractivity contribution is -0.117. The van der Waals surface area contributed by atoms with E-state index in [1.54, 1.807) is 25.1 Å².